The molecule has 1 aromatic carbocycles. The van der Waals surface area contributed by atoms with E-state index < -0.39 is 12.1 Å². The number of anilines is 1. The number of urea groups is 1. The van der Waals surface area contributed by atoms with Crippen molar-refractivity contribution in [2.24, 2.45) is 0 Å². The number of ether oxygens (including phenoxy) is 1. The molecule has 0 unspecified atom stereocenters. The summed E-state index contributed by atoms with van der Waals surface area (Å²) < 4.78 is 5.30. The molecule has 0 bridgehead atoms. The number of nitrogens with one attached hydrogen (secondary N) is 1. The van der Waals surface area contributed by atoms with Gasteiger partial charge in [-0.1, -0.05) is 11.6 Å². The minimum Gasteiger partial charge on any atom is -0.495 e. The van der Waals surface area contributed by atoms with Crippen molar-refractivity contribution in [2.45, 2.75) is 24.9 Å². The molecule has 29 heavy (non-hydrogen) atoms. The Morgan fingerprint density at radius 1 is 1.31 bits per heavy atom. The van der Waals surface area contributed by atoms with Gasteiger partial charge in [0.2, 0.25) is 0 Å². The van der Waals surface area contributed by atoms with Crippen molar-refractivity contribution in [1.29, 1.82) is 0 Å². The van der Waals surface area contributed by atoms with Crippen molar-refractivity contribution in [3.05, 3.63) is 53.3 Å². The molecular weight excluding hydrogens is 396 g/mol. The van der Waals surface area contributed by atoms with E-state index in [1.807, 2.05) is 0 Å². The maximum atomic E-state index is 13.1. The van der Waals surface area contributed by atoms with Gasteiger partial charge in [0, 0.05) is 30.0 Å². The molecule has 3 heterocycles. The molecule has 0 saturated carbocycles. The largest absolute Gasteiger partial charge is 0.495 e. The monoisotopic (exact) mass is 414 g/mol. The Labute approximate surface area is 172 Å². The third-order valence-electron chi connectivity index (χ3n) is 5.19. The minimum atomic E-state index is -0.640. The Kier molecular flexibility index (Phi) is 5.10. The highest BCUT2D eigenvalue weighted by Crippen LogP contribution is 2.37. The lowest BCUT2D eigenvalue weighted by molar-refractivity contribution is -0.120. The molecule has 4 rings (SSSR count). The highest BCUT2D eigenvalue weighted by Gasteiger charge is 2.49. The molecule has 2 saturated heterocycles. The summed E-state index contributed by atoms with van der Waals surface area (Å²) in [5.74, 6) is -0.213. The van der Waals surface area contributed by atoms with Crippen LogP contribution in [0, 0.1) is 0 Å². The highest BCUT2D eigenvalue weighted by atomic mass is 35.5. The topological polar surface area (TPSA) is 91.8 Å². The summed E-state index contributed by atoms with van der Waals surface area (Å²) in [7, 11) is 1.47. The van der Waals surface area contributed by atoms with Crippen LogP contribution < -0.4 is 15.0 Å². The Morgan fingerprint density at radius 3 is 2.86 bits per heavy atom. The van der Waals surface area contributed by atoms with Crippen LogP contribution in [0.4, 0.5) is 10.5 Å². The number of piperidine rings is 1. The molecule has 0 aliphatic carbocycles. The third-order valence-corrected chi connectivity index (χ3v) is 5.42. The fourth-order valence-electron chi connectivity index (χ4n) is 3.76. The average molecular weight is 415 g/mol. The van der Waals surface area contributed by atoms with Crippen LogP contribution in [-0.2, 0) is 4.79 Å². The summed E-state index contributed by atoms with van der Waals surface area (Å²) in [6.07, 6.45) is 3.98. The Balaban J connectivity index is 1.53. The van der Waals surface area contributed by atoms with Crippen LogP contribution >= 0.6 is 11.6 Å². The normalized spacial score (nSPS) is 21.2. The van der Waals surface area contributed by atoms with Crippen LogP contribution in [0.1, 0.15) is 23.2 Å². The van der Waals surface area contributed by atoms with E-state index in [1.54, 1.807) is 30.5 Å². The number of fused-ring (bicyclic) bond motifs is 1. The van der Waals surface area contributed by atoms with Crippen LogP contribution in [0.15, 0.2) is 42.7 Å². The average Bonchev–Trinajstić information content (AvgIpc) is 2.98. The zero-order valence-electron chi connectivity index (χ0n) is 15.7. The van der Waals surface area contributed by atoms with Gasteiger partial charge in [0.1, 0.15) is 11.8 Å². The van der Waals surface area contributed by atoms with Gasteiger partial charge in [0.25, 0.3) is 11.8 Å². The van der Waals surface area contributed by atoms with Crippen LogP contribution in [0.25, 0.3) is 0 Å². The van der Waals surface area contributed by atoms with Gasteiger partial charge >= 0.3 is 6.03 Å². The number of methoxy groups -OCH3 is 1. The van der Waals surface area contributed by atoms with E-state index in [0.29, 0.717) is 41.4 Å². The molecule has 8 nitrogen and oxygen atoms in total. The van der Waals surface area contributed by atoms with Crippen molar-refractivity contribution in [3.63, 3.8) is 0 Å². The SMILES string of the molecule is COc1ccc(Cl)cc1N1C(=O)[C@@H]2C[C@@H](NC(=O)c3cccnc3)CCN2C1=O. The molecule has 2 aliphatic rings. The van der Waals surface area contributed by atoms with E-state index in [1.165, 1.54) is 24.3 Å². The highest BCUT2D eigenvalue weighted by molar-refractivity contribution is 6.31. The fraction of sp³-hybridized carbons (Fsp3) is 0.300. The summed E-state index contributed by atoms with van der Waals surface area (Å²) in [5.41, 5.74) is 0.773. The molecule has 4 amide bonds. The predicted octanol–water partition coefficient (Wildman–Crippen LogP) is 2.47. The smallest absolute Gasteiger partial charge is 0.332 e. The van der Waals surface area contributed by atoms with E-state index in [0.717, 1.165) is 4.90 Å². The first kappa shape index (κ1) is 19.2. The zero-order chi connectivity index (χ0) is 20.5. The number of hydrogen-bond acceptors (Lipinski definition) is 5. The number of halogens is 1. The number of hydrogen-bond donors (Lipinski definition) is 1. The summed E-state index contributed by atoms with van der Waals surface area (Å²) in [5, 5.41) is 3.33. The van der Waals surface area contributed by atoms with Gasteiger partial charge in [0.05, 0.1) is 18.4 Å². The number of rotatable bonds is 4. The molecule has 1 aromatic heterocycles. The molecule has 2 aromatic rings. The van der Waals surface area contributed by atoms with Crippen LogP contribution in [0.2, 0.25) is 5.02 Å². The van der Waals surface area contributed by atoms with Gasteiger partial charge in [0.15, 0.2) is 0 Å². The Bertz CT molecular complexity index is 968. The number of benzene rings is 1. The summed E-state index contributed by atoms with van der Waals surface area (Å²) in [6.45, 7) is 0.368. The Hall–Kier alpha value is -3.13. The number of imide groups is 1. The standard InChI is InChI=1S/C20H19ClN4O4/c1-29-17-5-4-13(21)9-15(17)25-19(27)16-10-14(6-8-24(16)20(25)28)23-18(26)12-3-2-7-22-11-12/h2-5,7,9,11,14,16H,6,8,10H2,1H3,(H,23,26)/t14-,16-/m0/s1. The first-order valence-electron chi connectivity index (χ1n) is 9.18. The van der Waals surface area contributed by atoms with Gasteiger partial charge < -0.3 is 15.0 Å². The number of nitrogens with zero attached hydrogens (tertiary/aromatic N) is 3. The van der Waals surface area contributed by atoms with E-state index in [4.69, 9.17) is 16.3 Å². The number of amides is 4. The van der Waals surface area contributed by atoms with Crippen LogP contribution in [0.3, 0.4) is 0 Å². The molecule has 2 fully saturated rings. The quantitative estimate of drug-likeness (QED) is 0.776. The van der Waals surface area contributed by atoms with Gasteiger partial charge in [-0.2, -0.15) is 0 Å². The second-order valence-electron chi connectivity index (χ2n) is 6.92. The second kappa shape index (κ2) is 7.71. The Morgan fingerprint density at radius 2 is 2.14 bits per heavy atom. The molecule has 0 spiro atoms. The van der Waals surface area contributed by atoms with E-state index in [-0.39, 0.29) is 17.9 Å². The first-order chi connectivity index (χ1) is 14.0. The van der Waals surface area contributed by atoms with Gasteiger partial charge in [-0.25, -0.2) is 9.69 Å². The lowest BCUT2D eigenvalue weighted by Crippen LogP contribution is -2.49. The summed E-state index contributed by atoms with van der Waals surface area (Å²) in [4.78, 5) is 45.0. The van der Waals surface area contributed by atoms with Crippen molar-refractivity contribution >= 4 is 35.1 Å². The lowest BCUT2D eigenvalue weighted by atomic mass is 9.97. The fourth-order valence-corrected chi connectivity index (χ4v) is 3.92. The van der Waals surface area contributed by atoms with E-state index in [2.05, 4.69) is 10.3 Å². The van der Waals surface area contributed by atoms with E-state index >= 15 is 0 Å². The number of carbonyl (C=O) groups excluding carboxylic acids is 3. The van der Waals surface area contributed by atoms with Crippen molar-refractivity contribution in [3.8, 4) is 5.75 Å². The van der Waals surface area contributed by atoms with Gasteiger partial charge in [-0.3, -0.25) is 14.6 Å². The number of carbonyl (C=O) groups is 3. The predicted molar refractivity (Wildman–Crippen MR) is 106 cm³/mol. The van der Waals surface area contributed by atoms with Crippen molar-refractivity contribution in [2.75, 3.05) is 18.6 Å². The molecule has 0 radical (unpaired) electrons. The molecule has 9 heteroatoms. The number of pyridine rings is 1. The molecular formula is C20H19ClN4O4. The maximum Gasteiger partial charge on any atom is 0.332 e. The molecule has 1 N–H and O–H groups in total. The van der Waals surface area contributed by atoms with Crippen LogP contribution in [0.5, 0.6) is 5.75 Å². The summed E-state index contributed by atoms with van der Waals surface area (Å²) in [6, 6.07) is 6.88. The lowest BCUT2D eigenvalue weighted by Gasteiger charge is -2.32. The zero-order valence-corrected chi connectivity index (χ0v) is 16.4. The molecule has 2 aliphatic heterocycles. The third kappa shape index (κ3) is 3.51. The van der Waals surface area contributed by atoms with Gasteiger partial charge in [-0.15, -0.1) is 0 Å². The molecule has 150 valence electrons. The first-order valence-corrected chi connectivity index (χ1v) is 9.56. The van der Waals surface area contributed by atoms with Crippen molar-refractivity contribution < 1.29 is 19.1 Å². The number of aromatic nitrogens is 1. The van der Waals surface area contributed by atoms with Crippen LogP contribution in [-0.4, -0.2) is 53.5 Å². The molecule has 2 atom stereocenters. The minimum absolute atomic E-state index is 0.220. The summed E-state index contributed by atoms with van der Waals surface area (Å²) >= 11 is 6.07. The van der Waals surface area contributed by atoms with Crippen molar-refractivity contribution in [1.82, 2.24) is 15.2 Å². The van der Waals surface area contributed by atoms with Gasteiger partial charge in [-0.05, 0) is 43.2 Å². The maximum absolute atomic E-state index is 13.1. The second-order valence-corrected chi connectivity index (χ2v) is 7.35. The van der Waals surface area contributed by atoms with E-state index in [9.17, 15) is 14.4 Å².